The highest BCUT2D eigenvalue weighted by Crippen LogP contribution is 2.42. The molecule has 1 aromatic heterocycles. The summed E-state index contributed by atoms with van der Waals surface area (Å²) in [5.74, 6) is 0.848. The molecule has 0 saturated heterocycles. The number of carbonyl (C=O) groups excluding carboxylic acids is 1. The molecule has 0 saturated carbocycles. The molecule has 3 rings (SSSR count). The number of fused-ring (bicyclic) bond motifs is 1. The van der Waals surface area contributed by atoms with Crippen molar-refractivity contribution in [3.05, 3.63) is 44.7 Å². The number of rotatable bonds is 3. The van der Waals surface area contributed by atoms with Crippen LogP contribution in [0.1, 0.15) is 11.6 Å². The Morgan fingerprint density at radius 3 is 2.54 bits per heavy atom. The van der Waals surface area contributed by atoms with Gasteiger partial charge in [-0.25, -0.2) is 4.79 Å². The number of methoxy groups -OCH3 is 2. The van der Waals surface area contributed by atoms with E-state index in [2.05, 4.69) is 15.9 Å². The van der Waals surface area contributed by atoms with E-state index >= 15 is 0 Å². The van der Waals surface area contributed by atoms with Gasteiger partial charge in [0.25, 0.3) is 5.56 Å². The van der Waals surface area contributed by atoms with Gasteiger partial charge in [0.1, 0.15) is 11.8 Å². The Morgan fingerprint density at radius 2 is 1.96 bits per heavy atom. The third kappa shape index (κ3) is 2.65. The number of aromatic nitrogens is 1. The SMILES string of the molecule is COC(=O)[C@@H]1CSc2c(-c3ccc(OC)cc3)c(C)c(Br)c(=O)n21. The van der Waals surface area contributed by atoms with E-state index in [-0.39, 0.29) is 5.56 Å². The lowest BCUT2D eigenvalue weighted by Crippen LogP contribution is -2.30. The Bertz CT molecular complexity index is 860. The molecular formula is C17H16BrNO4S. The van der Waals surface area contributed by atoms with Gasteiger partial charge < -0.3 is 9.47 Å². The number of pyridine rings is 1. The molecule has 24 heavy (non-hydrogen) atoms. The van der Waals surface area contributed by atoms with E-state index in [0.717, 1.165) is 27.5 Å². The molecule has 7 heteroatoms. The quantitative estimate of drug-likeness (QED) is 0.726. The van der Waals surface area contributed by atoms with Crippen LogP contribution in [0.3, 0.4) is 0 Å². The van der Waals surface area contributed by atoms with Crippen LogP contribution in [0.4, 0.5) is 0 Å². The van der Waals surface area contributed by atoms with Crippen LogP contribution >= 0.6 is 27.7 Å². The van der Waals surface area contributed by atoms with Gasteiger partial charge in [-0.05, 0) is 46.1 Å². The molecule has 1 aromatic carbocycles. The Labute approximate surface area is 152 Å². The Kier molecular flexibility index (Phi) is 4.73. The summed E-state index contributed by atoms with van der Waals surface area (Å²) in [5, 5.41) is 0.793. The predicted molar refractivity (Wildman–Crippen MR) is 96.9 cm³/mol. The number of ether oxygens (including phenoxy) is 2. The van der Waals surface area contributed by atoms with Crippen molar-refractivity contribution in [2.45, 2.75) is 18.0 Å². The van der Waals surface area contributed by atoms with Crippen molar-refractivity contribution in [3.8, 4) is 16.9 Å². The number of thioether (sulfide) groups is 1. The van der Waals surface area contributed by atoms with Crippen LogP contribution in [0, 0.1) is 6.92 Å². The zero-order chi connectivity index (χ0) is 17.4. The van der Waals surface area contributed by atoms with Gasteiger partial charge in [-0.2, -0.15) is 0 Å². The fourth-order valence-corrected chi connectivity index (χ4v) is 4.57. The smallest absolute Gasteiger partial charge is 0.329 e. The topological polar surface area (TPSA) is 57.5 Å². The number of benzene rings is 1. The molecule has 0 bridgehead atoms. The second kappa shape index (κ2) is 6.64. The van der Waals surface area contributed by atoms with Crippen molar-refractivity contribution < 1.29 is 14.3 Å². The molecule has 0 unspecified atom stereocenters. The van der Waals surface area contributed by atoms with Crippen LogP contribution < -0.4 is 10.3 Å². The van der Waals surface area contributed by atoms with Crippen molar-refractivity contribution in [1.29, 1.82) is 0 Å². The molecule has 0 fully saturated rings. The molecule has 0 radical (unpaired) electrons. The van der Waals surface area contributed by atoms with Gasteiger partial charge in [0, 0.05) is 11.3 Å². The van der Waals surface area contributed by atoms with Gasteiger partial charge in [0.2, 0.25) is 0 Å². The van der Waals surface area contributed by atoms with Crippen molar-refractivity contribution in [1.82, 2.24) is 4.57 Å². The lowest BCUT2D eigenvalue weighted by Gasteiger charge is -2.17. The summed E-state index contributed by atoms with van der Waals surface area (Å²) in [5.41, 5.74) is 2.56. The van der Waals surface area contributed by atoms with Gasteiger partial charge in [0.15, 0.2) is 0 Å². The summed E-state index contributed by atoms with van der Waals surface area (Å²) in [4.78, 5) is 24.7. The largest absolute Gasteiger partial charge is 0.497 e. The molecule has 0 spiro atoms. The highest BCUT2D eigenvalue weighted by molar-refractivity contribution is 9.10. The highest BCUT2D eigenvalue weighted by Gasteiger charge is 2.34. The minimum atomic E-state index is -0.601. The molecule has 1 aliphatic rings. The molecule has 5 nitrogen and oxygen atoms in total. The van der Waals surface area contributed by atoms with Crippen LogP contribution in [-0.2, 0) is 9.53 Å². The first kappa shape index (κ1) is 17.1. The maximum Gasteiger partial charge on any atom is 0.329 e. The average Bonchev–Trinajstić information content (AvgIpc) is 3.04. The van der Waals surface area contributed by atoms with Gasteiger partial charge >= 0.3 is 5.97 Å². The maximum absolute atomic E-state index is 12.7. The Balaban J connectivity index is 2.24. The number of nitrogens with zero attached hydrogens (tertiary/aromatic N) is 1. The van der Waals surface area contributed by atoms with Crippen molar-refractivity contribution >= 4 is 33.7 Å². The van der Waals surface area contributed by atoms with Crippen LogP contribution in [0.25, 0.3) is 11.1 Å². The van der Waals surface area contributed by atoms with Crippen molar-refractivity contribution in [2.24, 2.45) is 0 Å². The molecule has 126 valence electrons. The third-order valence-electron chi connectivity index (χ3n) is 4.09. The zero-order valence-electron chi connectivity index (χ0n) is 13.5. The average molecular weight is 410 g/mol. The third-order valence-corrected chi connectivity index (χ3v) is 6.18. The second-order valence-corrected chi connectivity index (χ2v) is 7.17. The Hall–Kier alpha value is -1.73. The predicted octanol–water partition coefficient (Wildman–Crippen LogP) is 3.41. The van der Waals surface area contributed by atoms with Crippen molar-refractivity contribution in [3.63, 3.8) is 0 Å². The molecule has 2 heterocycles. The first-order valence-corrected chi connectivity index (χ1v) is 9.07. The molecule has 1 atom stereocenters. The van der Waals surface area contributed by atoms with E-state index in [1.54, 1.807) is 7.11 Å². The van der Waals surface area contributed by atoms with Gasteiger partial charge in [-0.3, -0.25) is 9.36 Å². The van der Waals surface area contributed by atoms with Gasteiger partial charge in [-0.1, -0.05) is 12.1 Å². The normalized spacial score (nSPS) is 15.9. The lowest BCUT2D eigenvalue weighted by atomic mass is 10.0. The Morgan fingerprint density at radius 1 is 1.29 bits per heavy atom. The van der Waals surface area contributed by atoms with E-state index in [4.69, 9.17) is 9.47 Å². The molecular weight excluding hydrogens is 394 g/mol. The van der Waals surface area contributed by atoms with Gasteiger partial charge in [-0.15, -0.1) is 11.8 Å². The van der Waals surface area contributed by atoms with Crippen LogP contribution in [-0.4, -0.2) is 30.5 Å². The fraction of sp³-hybridized carbons (Fsp3) is 0.294. The van der Waals surface area contributed by atoms with E-state index in [0.29, 0.717) is 10.2 Å². The molecule has 0 amide bonds. The summed E-state index contributed by atoms with van der Waals surface area (Å²) in [6.07, 6.45) is 0. The van der Waals surface area contributed by atoms with Crippen molar-refractivity contribution in [2.75, 3.05) is 20.0 Å². The molecule has 0 aliphatic carbocycles. The lowest BCUT2D eigenvalue weighted by molar-refractivity contribution is -0.143. The van der Waals surface area contributed by atoms with E-state index in [1.807, 2.05) is 31.2 Å². The molecule has 0 N–H and O–H groups in total. The summed E-state index contributed by atoms with van der Waals surface area (Å²) in [7, 11) is 2.96. The zero-order valence-corrected chi connectivity index (χ0v) is 15.9. The van der Waals surface area contributed by atoms with Gasteiger partial charge in [0.05, 0.1) is 23.7 Å². The maximum atomic E-state index is 12.7. The first-order chi connectivity index (χ1) is 11.5. The van der Waals surface area contributed by atoms with E-state index in [1.165, 1.54) is 23.4 Å². The number of carbonyl (C=O) groups is 1. The molecule has 1 aliphatic heterocycles. The van der Waals surface area contributed by atoms with Crippen LogP contribution in [0.2, 0.25) is 0 Å². The summed E-state index contributed by atoms with van der Waals surface area (Å²) in [6.45, 7) is 1.90. The fourth-order valence-electron chi connectivity index (χ4n) is 2.81. The second-order valence-electron chi connectivity index (χ2n) is 5.37. The number of hydrogen-bond acceptors (Lipinski definition) is 5. The summed E-state index contributed by atoms with van der Waals surface area (Å²) >= 11 is 4.89. The molecule has 2 aromatic rings. The number of esters is 1. The van der Waals surface area contributed by atoms with Crippen LogP contribution in [0.15, 0.2) is 38.6 Å². The van der Waals surface area contributed by atoms with Crippen LogP contribution in [0.5, 0.6) is 5.75 Å². The summed E-state index contributed by atoms with van der Waals surface area (Å²) in [6, 6.07) is 7.05. The monoisotopic (exact) mass is 409 g/mol. The standard InChI is InChI=1S/C17H16BrNO4S/c1-9-13(10-4-6-11(22-2)7-5-10)16-19(15(20)14(9)18)12(8-24-16)17(21)23-3/h4-7,12H,8H2,1-3H3/t12-/m0/s1. The number of hydrogen-bond donors (Lipinski definition) is 0. The minimum absolute atomic E-state index is 0.208. The van der Waals surface area contributed by atoms with E-state index in [9.17, 15) is 9.59 Å². The summed E-state index contributed by atoms with van der Waals surface area (Å²) < 4.78 is 12.1. The minimum Gasteiger partial charge on any atom is -0.497 e. The first-order valence-electron chi connectivity index (χ1n) is 7.29. The highest BCUT2D eigenvalue weighted by atomic mass is 79.9. The van der Waals surface area contributed by atoms with E-state index < -0.39 is 12.0 Å². The number of halogens is 1.